The van der Waals surface area contributed by atoms with Gasteiger partial charge in [-0.3, -0.25) is 4.79 Å². The van der Waals surface area contributed by atoms with E-state index in [4.69, 9.17) is 33.2 Å². The van der Waals surface area contributed by atoms with Crippen LogP contribution in [0.2, 0.25) is 0 Å². The molecule has 5 aliphatic carbocycles. The van der Waals surface area contributed by atoms with E-state index in [0.29, 0.717) is 51.4 Å². The van der Waals surface area contributed by atoms with Crippen LogP contribution in [0.5, 0.6) is 0 Å². The summed E-state index contributed by atoms with van der Waals surface area (Å²) in [4.78, 5) is 50.7. The SMILES string of the molecule is CC1(C)CC[C@]2(C(=O)O[C@@H]3O[C@H](CO)[C@@H](O)[C@H](O)[C@H]3O)CC[C@]3(C)C(=CC[C@@H]4[C@@]5(C)CC[C@H](O[C@@H]6O[C@H](C(=O)O)[C@H]7O[C@@](O)(C(=O)O)[C@@H](OCC(=O)O)O[C@@H]7[C@H]6O)[C@@](C)(CO)[C@@H]5CC[C@]43C)[C@@H]2C1. The Bertz CT molecular complexity index is 2010. The van der Waals surface area contributed by atoms with Crippen LogP contribution in [-0.2, 0) is 52.3 Å². The molecule has 0 aromatic carbocycles. The lowest BCUT2D eigenvalue weighted by Crippen LogP contribution is -2.72. The van der Waals surface area contributed by atoms with Crippen LogP contribution >= 0.6 is 0 Å². The topological polar surface area (TPSA) is 335 Å². The molecule has 10 N–H and O–H groups in total. The number of aliphatic carboxylic acids is 3. The Labute approximate surface area is 393 Å². The van der Waals surface area contributed by atoms with Crippen molar-refractivity contribution in [3.05, 3.63) is 11.6 Å². The van der Waals surface area contributed by atoms with Gasteiger partial charge >= 0.3 is 29.7 Å². The number of carboxylic acids is 3. The second kappa shape index (κ2) is 17.7. The van der Waals surface area contributed by atoms with Gasteiger partial charge in [0.25, 0.3) is 0 Å². The molecule has 21 atom stereocenters. The zero-order valence-corrected chi connectivity index (χ0v) is 39.4. The van der Waals surface area contributed by atoms with Gasteiger partial charge in [0.2, 0.25) is 12.6 Å². The van der Waals surface area contributed by atoms with E-state index >= 15 is 0 Å². The normalized spacial score (nSPS) is 50.7. The first-order valence-electron chi connectivity index (χ1n) is 23.9. The maximum atomic E-state index is 14.7. The molecular formula is C47H70O21. The predicted molar refractivity (Wildman–Crippen MR) is 227 cm³/mol. The fourth-order valence-electron chi connectivity index (χ4n) is 14.8. The predicted octanol–water partition coefficient (Wildman–Crippen LogP) is 0.644. The summed E-state index contributed by atoms with van der Waals surface area (Å²) in [7, 11) is 0. The summed E-state index contributed by atoms with van der Waals surface area (Å²) in [5.41, 5.74) is -1.89. The molecule has 0 amide bonds. The van der Waals surface area contributed by atoms with Crippen LogP contribution in [0.1, 0.15) is 106 Å². The number of hydrogen-bond acceptors (Lipinski definition) is 18. The highest BCUT2D eigenvalue weighted by Crippen LogP contribution is 2.76. The van der Waals surface area contributed by atoms with Crippen molar-refractivity contribution in [3.63, 3.8) is 0 Å². The number of fused-ring (bicyclic) bond motifs is 8. The third-order valence-electron chi connectivity index (χ3n) is 18.8. The van der Waals surface area contributed by atoms with Gasteiger partial charge in [-0.1, -0.05) is 53.2 Å². The van der Waals surface area contributed by atoms with Gasteiger partial charge in [-0.15, -0.1) is 0 Å². The summed E-state index contributed by atoms with van der Waals surface area (Å²) < 4.78 is 39.8. The highest BCUT2D eigenvalue weighted by molar-refractivity contribution is 5.79. The molecule has 8 aliphatic rings. The minimum atomic E-state index is -3.37. The highest BCUT2D eigenvalue weighted by Gasteiger charge is 2.71. The van der Waals surface area contributed by atoms with E-state index in [-0.39, 0.29) is 46.0 Å². The van der Waals surface area contributed by atoms with Crippen molar-refractivity contribution in [1.29, 1.82) is 0 Å². The summed E-state index contributed by atoms with van der Waals surface area (Å²) >= 11 is 0. The van der Waals surface area contributed by atoms with Crippen molar-refractivity contribution in [2.45, 2.75) is 185 Å². The molecule has 21 heteroatoms. The molecule has 4 saturated carbocycles. The van der Waals surface area contributed by atoms with Crippen molar-refractivity contribution < 1.29 is 103 Å². The third kappa shape index (κ3) is 7.76. The van der Waals surface area contributed by atoms with Crippen LogP contribution in [-0.4, -0.2) is 174 Å². The Kier molecular flexibility index (Phi) is 13.4. The first-order valence-corrected chi connectivity index (χ1v) is 23.9. The van der Waals surface area contributed by atoms with E-state index < -0.39 is 128 Å². The first kappa shape index (κ1) is 51.5. The zero-order valence-electron chi connectivity index (χ0n) is 39.4. The summed E-state index contributed by atoms with van der Waals surface area (Å²) in [6, 6.07) is 0. The number of hydrogen-bond donors (Lipinski definition) is 10. The lowest BCUT2D eigenvalue weighted by atomic mass is 9.33. The van der Waals surface area contributed by atoms with Crippen molar-refractivity contribution in [2.75, 3.05) is 19.8 Å². The molecule has 8 rings (SSSR count). The summed E-state index contributed by atoms with van der Waals surface area (Å²) in [5, 5.41) is 105. The first-order chi connectivity index (χ1) is 31.7. The number of esters is 1. The highest BCUT2D eigenvalue weighted by atomic mass is 16.8. The number of carbonyl (C=O) groups is 4. The monoisotopic (exact) mass is 970 g/mol. The van der Waals surface area contributed by atoms with Crippen molar-refractivity contribution in [2.24, 2.45) is 50.2 Å². The maximum Gasteiger partial charge on any atom is 0.369 e. The van der Waals surface area contributed by atoms with E-state index in [1.807, 2.05) is 6.92 Å². The molecule has 0 aromatic heterocycles. The molecule has 0 radical (unpaired) electrons. The van der Waals surface area contributed by atoms with Crippen LogP contribution in [0.4, 0.5) is 0 Å². The zero-order chi connectivity index (χ0) is 49.9. The summed E-state index contributed by atoms with van der Waals surface area (Å²) in [6.07, 6.45) is -11.8. The Morgan fingerprint density at radius 3 is 2.09 bits per heavy atom. The Morgan fingerprint density at radius 1 is 0.765 bits per heavy atom. The molecular weight excluding hydrogens is 900 g/mol. The summed E-state index contributed by atoms with van der Waals surface area (Å²) in [5.74, 6) is -9.47. The molecule has 21 nitrogen and oxygen atoms in total. The van der Waals surface area contributed by atoms with Crippen LogP contribution < -0.4 is 0 Å². The second-order valence-electron chi connectivity index (χ2n) is 22.8. The number of carboxylic acid groups (broad SMARTS) is 3. The smallest absolute Gasteiger partial charge is 0.369 e. The van der Waals surface area contributed by atoms with Crippen molar-refractivity contribution in [1.82, 2.24) is 0 Å². The van der Waals surface area contributed by atoms with Crippen molar-refractivity contribution in [3.8, 4) is 0 Å². The van der Waals surface area contributed by atoms with Gasteiger partial charge in [-0.05, 0) is 104 Å². The average Bonchev–Trinajstić information content (AvgIpc) is 3.27. The molecule has 3 heterocycles. The van der Waals surface area contributed by atoms with E-state index in [0.717, 1.165) is 12.8 Å². The van der Waals surface area contributed by atoms with Gasteiger partial charge < -0.3 is 84.2 Å². The maximum absolute atomic E-state index is 14.7. The van der Waals surface area contributed by atoms with Crippen LogP contribution in [0, 0.1) is 50.2 Å². The standard InChI is InChI=1S/C47H70O21/c1-41(2)13-15-46(39(60)67-36-30(54)29(53)28(52)23(18-48)63-36)16-14-44(5)21(22(46)17-41)7-8-25-42(3)11-10-26(43(4,20-49)24(42)9-12-45(25,44)6)64-37-31(55)32-33(34(65-37)35(56)57)68-47(61,38(58)59)40(66-32)62-19-27(50)51/h7,22-26,28-34,36-37,40,48-49,52-55,61H,8-20H2,1-6H3,(H,50,51)(H,56,57)(H,58,59)/t22-,23+,24+,25+,26-,28+,29-,30+,31+,32+,33-,34-,36-,37+,40-,42-,43-,44+,45+,46-,47-/m0/s1. The Balaban J connectivity index is 1.05. The third-order valence-corrected chi connectivity index (χ3v) is 18.8. The Hall–Kier alpha value is -2.90. The van der Waals surface area contributed by atoms with Gasteiger partial charge in [0.1, 0.15) is 49.3 Å². The van der Waals surface area contributed by atoms with E-state index in [9.17, 15) is 70.2 Å². The molecule has 68 heavy (non-hydrogen) atoms. The van der Waals surface area contributed by atoms with Gasteiger partial charge in [-0.25, -0.2) is 14.4 Å². The number of aliphatic hydroxyl groups excluding tert-OH is 6. The fourth-order valence-corrected chi connectivity index (χ4v) is 14.8. The molecule has 0 spiro atoms. The van der Waals surface area contributed by atoms with E-state index in [2.05, 4.69) is 40.7 Å². The lowest BCUT2D eigenvalue weighted by Gasteiger charge is -2.71. The minimum Gasteiger partial charge on any atom is -0.480 e. The molecule has 3 aliphatic heterocycles. The quantitative estimate of drug-likeness (QED) is 0.0772. The molecule has 0 aromatic rings. The van der Waals surface area contributed by atoms with Crippen LogP contribution in [0.15, 0.2) is 11.6 Å². The van der Waals surface area contributed by atoms with E-state index in [1.54, 1.807) is 0 Å². The van der Waals surface area contributed by atoms with Crippen LogP contribution in [0.3, 0.4) is 0 Å². The number of carbonyl (C=O) groups excluding carboxylic acids is 1. The minimum absolute atomic E-state index is 0.0941. The second-order valence-corrected chi connectivity index (χ2v) is 22.8. The lowest BCUT2D eigenvalue weighted by molar-refractivity contribution is -0.435. The van der Waals surface area contributed by atoms with Gasteiger partial charge in [0, 0.05) is 5.41 Å². The molecule has 0 bridgehead atoms. The van der Waals surface area contributed by atoms with Crippen LogP contribution in [0.25, 0.3) is 0 Å². The number of ether oxygens (including phenoxy) is 7. The van der Waals surface area contributed by atoms with Gasteiger partial charge in [0.05, 0.1) is 24.7 Å². The summed E-state index contributed by atoms with van der Waals surface area (Å²) in [6.45, 7) is 11.1. The van der Waals surface area contributed by atoms with Gasteiger partial charge in [-0.2, -0.15) is 0 Å². The average molecular weight is 971 g/mol. The number of allylic oxidation sites excluding steroid dienone is 2. The molecule has 384 valence electrons. The van der Waals surface area contributed by atoms with Gasteiger partial charge in [0.15, 0.2) is 12.4 Å². The molecule has 0 unspecified atom stereocenters. The Morgan fingerprint density at radius 2 is 1.46 bits per heavy atom. The number of aliphatic hydroxyl groups is 7. The van der Waals surface area contributed by atoms with E-state index in [1.165, 1.54) is 5.57 Å². The molecule has 7 fully saturated rings. The largest absolute Gasteiger partial charge is 0.480 e. The number of rotatable bonds is 11. The molecule has 3 saturated heterocycles. The van der Waals surface area contributed by atoms with Crippen molar-refractivity contribution >= 4 is 23.9 Å². The fraction of sp³-hybridized carbons (Fsp3) is 0.872.